The van der Waals surface area contributed by atoms with E-state index in [2.05, 4.69) is 35.6 Å². The smallest absolute Gasteiger partial charge is 0.211 e. The number of hydrogen-bond donors (Lipinski definition) is 0. The van der Waals surface area contributed by atoms with Crippen LogP contribution in [0.4, 0.5) is 0 Å². The summed E-state index contributed by atoms with van der Waals surface area (Å²) in [4.78, 5) is 9.76. The lowest BCUT2D eigenvalue weighted by Gasteiger charge is -2.47. The van der Waals surface area contributed by atoms with Gasteiger partial charge >= 0.3 is 0 Å². The summed E-state index contributed by atoms with van der Waals surface area (Å²) < 4.78 is 5.77. The van der Waals surface area contributed by atoms with Crippen molar-refractivity contribution >= 4 is 0 Å². The molecular formula is C16H27N3O. The molecule has 3 unspecified atom stereocenters. The lowest BCUT2D eigenvalue weighted by molar-refractivity contribution is -0.00285. The van der Waals surface area contributed by atoms with Crippen molar-refractivity contribution in [1.82, 2.24) is 14.8 Å². The fourth-order valence-corrected chi connectivity index (χ4v) is 3.81. The van der Waals surface area contributed by atoms with Crippen LogP contribution in [0.3, 0.4) is 0 Å². The van der Waals surface area contributed by atoms with Gasteiger partial charge in [-0.1, -0.05) is 13.8 Å². The Hall–Kier alpha value is -0.870. The first-order chi connectivity index (χ1) is 9.56. The number of fused-ring (bicyclic) bond motifs is 1. The van der Waals surface area contributed by atoms with E-state index in [1.807, 2.05) is 13.1 Å². The van der Waals surface area contributed by atoms with Crippen LogP contribution in [-0.4, -0.2) is 46.5 Å². The fourth-order valence-electron chi connectivity index (χ4n) is 3.81. The average molecular weight is 277 g/mol. The first kappa shape index (κ1) is 14.1. The van der Waals surface area contributed by atoms with E-state index >= 15 is 0 Å². The van der Waals surface area contributed by atoms with E-state index in [-0.39, 0.29) is 6.04 Å². The van der Waals surface area contributed by atoms with Crippen LogP contribution in [0.2, 0.25) is 0 Å². The summed E-state index contributed by atoms with van der Waals surface area (Å²) in [6.45, 7) is 12.5. The van der Waals surface area contributed by atoms with Gasteiger partial charge in [0.2, 0.25) is 5.89 Å². The highest BCUT2D eigenvalue weighted by atomic mass is 16.4. The molecule has 0 spiro atoms. The van der Waals surface area contributed by atoms with Crippen LogP contribution in [0, 0.1) is 12.8 Å². The molecule has 0 amide bonds. The Bertz CT molecular complexity index is 456. The summed E-state index contributed by atoms with van der Waals surface area (Å²) in [5.74, 6) is 2.45. The molecule has 0 saturated carbocycles. The standard InChI is InChI=1S/C16H27N3O/c1-11(2)15-10-18-7-5-6-14(18)9-19(15)13(4)16-17-8-12(3)20-16/h8,11,13-15H,5-7,9-10H2,1-4H3. The summed E-state index contributed by atoms with van der Waals surface area (Å²) in [7, 11) is 0. The summed E-state index contributed by atoms with van der Waals surface area (Å²) in [5, 5.41) is 0. The van der Waals surface area contributed by atoms with Gasteiger partial charge in [0, 0.05) is 25.2 Å². The van der Waals surface area contributed by atoms with E-state index in [4.69, 9.17) is 4.42 Å². The number of hydrogen-bond acceptors (Lipinski definition) is 4. The maximum Gasteiger partial charge on any atom is 0.211 e. The maximum atomic E-state index is 5.77. The second-order valence-corrected chi connectivity index (χ2v) is 6.78. The van der Waals surface area contributed by atoms with Gasteiger partial charge in [-0.2, -0.15) is 0 Å². The van der Waals surface area contributed by atoms with Gasteiger partial charge in [-0.25, -0.2) is 4.98 Å². The van der Waals surface area contributed by atoms with Crippen molar-refractivity contribution in [2.24, 2.45) is 5.92 Å². The van der Waals surface area contributed by atoms with Gasteiger partial charge in [-0.3, -0.25) is 9.80 Å². The van der Waals surface area contributed by atoms with Crippen LogP contribution >= 0.6 is 0 Å². The monoisotopic (exact) mass is 277 g/mol. The van der Waals surface area contributed by atoms with E-state index in [0.29, 0.717) is 12.0 Å². The van der Waals surface area contributed by atoms with Gasteiger partial charge in [0.15, 0.2) is 0 Å². The van der Waals surface area contributed by atoms with Crippen LogP contribution < -0.4 is 0 Å². The molecule has 112 valence electrons. The highest BCUT2D eigenvalue weighted by Crippen LogP contribution is 2.33. The van der Waals surface area contributed by atoms with Crippen LogP contribution in [-0.2, 0) is 0 Å². The molecule has 1 aromatic rings. The van der Waals surface area contributed by atoms with Gasteiger partial charge < -0.3 is 4.42 Å². The highest BCUT2D eigenvalue weighted by Gasteiger charge is 2.40. The predicted octanol–water partition coefficient (Wildman–Crippen LogP) is 2.85. The molecule has 0 aliphatic carbocycles. The Balaban J connectivity index is 1.81. The van der Waals surface area contributed by atoms with Crippen molar-refractivity contribution in [1.29, 1.82) is 0 Å². The van der Waals surface area contributed by atoms with Crippen LogP contribution in [0.25, 0.3) is 0 Å². The first-order valence-corrected chi connectivity index (χ1v) is 7.98. The van der Waals surface area contributed by atoms with Gasteiger partial charge in [0.1, 0.15) is 5.76 Å². The average Bonchev–Trinajstić information content (AvgIpc) is 3.04. The zero-order valence-corrected chi connectivity index (χ0v) is 13.2. The topological polar surface area (TPSA) is 32.5 Å². The second kappa shape index (κ2) is 5.49. The summed E-state index contributed by atoms with van der Waals surface area (Å²) in [6.07, 6.45) is 4.54. The maximum absolute atomic E-state index is 5.77. The summed E-state index contributed by atoms with van der Waals surface area (Å²) in [6, 6.07) is 1.62. The van der Waals surface area contributed by atoms with Crippen molar-refractivity contribution < 1.29 is 4.42 Å². The molecule has 0 radical (unpaired) electrons. The molecule has 3 heterocycles. The van der Waals surface area contributed by atoms with Crippen LogP contribution in [0.15, 0.2) is 10.6 Å². The molecule has 0 N–H and O–H groups in total. The minimum atomic E-state index is 0.277. The quantitative estimate of drug-likeness (QED) is 0.850. The van der Waals surface area contributed by atoms with Gasteiger partial charge in [-0.15, -0.1) is 0 Å². The highest BCUT2D eigenvalue weighted by molar-refractivity contribution is 5.01. The molecule has 2 saturated heterocycles. The van der Waals surface area contributed by atoms with Crippen molar-refractivity contribution in [3.63, 3.8) is 0 Å². The van der Waals surface area contributed by atoms with Crippen molar-refractivity contribution in [2.75, 3.05) is 19.6 Å². The number of oxazole rings is 1. The van der Waals surface area contributed by atoms with Gasteiger partial charge in [-0.05, 0) is 39.2 Å². The third-order valence-corrected chi connectivity index (χ3v) is 5.03. The van der Waals surface area contributed by atoms with Crippen molar-refractivity contribution in [3.8, 4) is 0 Å². The summed E-state index contributed by atoms with van der Waals surface area (Å²) >= 11 is 0. The lowest BCUT2D eigenvalue weighted by atomic mass is 9.95. The molecule has 4 heteroatoms. The van der Waals surface area contributed by atoms with E-state index in [1.54, 1.807) is 0 Å². The summed E-state index contributed by atoms with van der Waals surface area (Å²) in [5.41, 5.74) is 0. The zero-order chi connectivity index (χ0) is 14.3. The fraction of sp³-hybridized carbons (Fsp3) is 0.812. The number of aryl methyl sites for hydroxylation is 1. The Morgan fingerprint density at radius 2 is 2.10 bits per heavy atom. The molecule has 1 aromatic heterocycles. The van der Waals surface area contributed by atoms with Crippen molar-refractivity contribution in [3.05, 3.63) is 17.8 Å². The number of aromatic nitrogens is 1. The molecule has 3 rings (SSSR count). The zero-order valence-electron chi connectivity index (χ0n) is 13.2. The van der Waals surface area contributed by atoms with Crippen molar-refractivity contribution in [2.45, 2.75) is 58.7 Å². The molecule has 20 heavy (non-hydrogen) atoms. The molecular weight excluding hydrogens is 250 g/mol. The molecule has 0 bridgehead atoms. The van der Waals surface area contributed by atoms with Gasteiger partial charge in [0.05, 0.1) is 12.2 Å². The molecule has 4 nitrogen and oxygen atoms in total. The van der Waals surface area contributed by atoms with E-state index in [9.17, 15) is 0 Å². The second-order valence-electron chi connectivity index (χ2n) is 6.78. The van der Waals surface area contributed by atoms with Crippen LogP contribution in [0.5, 0.6) is 0 Å². The number of rotatable bonds is 3. The van der Waals surface area contributed by atoms with Gasteiger partial charge in [0.25, 0.3) is 0 Å². The molecule has 2 fully saturated rings. The molecule has 3 atom stereocenters. The Kier molecular flexibility index (Phi) is 3.87. The Labute approximate surface area is 122 Å². The van der Waals surface area contributed by atoms with E-state index in [1.165, 1.54) is 25.9 Å². The molecule has 2 aliphatic rings. The Morgan fingerprint density at radius 3 is 2.75 bits per heavy atom. The third-order valence-electron chi connectivity index (χ3n) is 5.03. The van der Waals surface area contributed by atoms with Crippen LogP contribution in [0.1, 0.15) is 51.3 Å². The minimum absolute atomic E-state index is 0.277. The molecule has 0 aromatic carbocycles. The predicted molar refractivity (Wildman–Crippen MR) is 79.6 cm³/mol. The number of nitrogens with zero attached hydrogens (tertiary/aromatic N) is 3. The lowest BCUT2D eigenvalue weighted by Crippen LogP contribution is -2.58. The first-order valence-electron chi connectivity index (χ1n) is 7.98. The Morgan fingerprint density at radius 1 is 1.30 bits per heavy atom. The van der Waals surface area contributed by atoms with E-state index in [0.717, 1.165) is 24.2 Å². The molecule has 2 aliphatic heterocycles. The SMILES string of the molecule is Cc1cnc(C(C)N2CC3CCCN3CC2C(C)C)o1. The largest absolute Gasteiger partial charge is 0.444 e. The minimum Gasteiger partial charge on any atom is -0.444 e. The van der Waals surface area contributed by atoms with E-state index < -0.39 is 0 Å². The third kappa shape index (κ3) is 2.51. The normalized spacial score (nSPS) is 29.9. The number of piperazine rings is 1.